The number of benzene rings is 3. The molecule has 0 spiro atoms. The molecule has 230 valence electrons. The minimum Gasteiger partial charge on any atom is -0.492 e. The van der Waals surface area contributed by atoms with E-state index in [1.807, 2.05) is 19.9 Å². The van der Waals surface area contributed by atoms with Crippen LogP contribution in [0.1, 0.15) is 44.5 Å². The van der Waals surface area contributed by atoms with Crippen LogP contribution in [0, 0.1) is 13.8 Å². The highest BCUT2D eigenvalue weighted by Gasteiger charge is 2.29. The number of nitrogens with two attached hydrogens (primary N) is 2. The van der Waals surface area contributed by atoms with E-state index in [0.29, 0.717) is 71.9 Å². The van der Waals surface area contributed by atoms with Gasteiger partial charge in [0.2, 0.25) is 23.0 Å². The fourth-order valence-corrected chi connectivity index (χ4v) is 5.72. The maximum atomic E-state index is 6.39. The maximum absolute atomic E-state index is 6.39. The van der Waals surface area contributed by atoms with Crippen LogP contribution in [0.4, 0.5) is 0 Å². The van der Waals surface area contributed by atoms with Gasteiger partial charge in [-0.05, 0) is 36.1 Å². The number of rotatable bonds is 14. The molecular formula is C32H44N2O8. The number of hydrogen-bond acceptors (Lipinski definition) is 10. The van der Waals surface area contributed by atoms with E-state index >= 15 is 0 Å². The van der Waals surface area contributed by atoms with Gasteiger partial charge in [0.05, 0.1) is 56.9 Å². The average Bonchev–Trinajstić information content (AvgIpc) is 3.01. The SMILES string of the molecule is COc1c(C)c(Cc2ccc(CN)c(CN)c2Cc2c(C)c(OC)c(OC)c(OC)c2OC)c(OC)c(OC)c1OC. The second-order valence-electron chi connectivity index (χ2n) is 9.58. The van der Waals surface area contributed by atoms with E-state index < -0.39 is 0 Å². The summed E-state index contributed by atoms with van der Waals surface area (Å²) in [6, 6.07) is 4.11. The van der Waals surface area contributed by atoms with Crippen molar-refractivity contribution in [2.24, 2.45) is 11.5 Å². The number of hydrogen-bond donors (Lipinski definition) is 2. The van der Waals surface area contributed by atoms with Crippen LogP contribution in [-0.2, 0) is 25.9 Å². The molecule has 0 saturated carbocycles. The summed E-state index contributed by atoms with van der Waals surface area (Å²) in [6.45, 7) is 4.59. The van der Waals surface area contributed by atoms with Crippen molar-refractivity contribution in [1.82, 2.24) is 0 Å². The third-order valence-corrected chi connectivity index (χ3v) is 7.78. The van der Waals surface area contributed by atoms with Crippen LogP contribution >= 0.6 is 0 Å². The molecule has 0 fully saturated rings. The first-order chi connectivity index (χ1) is 20.3. The zero-order valence-electron chi connectivity index (χ0n) is 26.4. The van der Waals surface area contributed by atoms with Crippen LogP contribution < -0.4 is 49.4 Å². The Morgan fingerprint density at radius 1 is 0.405 bits per heavy atom. The van der Waals surface area contributed by atoms with Gasteiger partial charge in [-0.3, -0.25) is 0 Å². The van der Waals surface area contributed by atoms with Crippen molar-refractivity contribution in [2.45, 2.75) is 39.8 Å². The van der Waals surface area contributed by atoms with E-state index in [0.717, 1.165) is 44.5 Å². The Labute approximate surface area is 248 Å². The second kappa shape index (κ2) is 14.2. The first-order valence-electron chi connectivity index (χ1n) is 13.5. The standard InChI is InChI=1S/C32H44N2O8/c1-17-21(27(37-5)31(41-9)29(39-7)25(17)35-3)13-19-11-12-20(15-33)24(16-34)23(19)14-22-18(2)26(36-4)30(40-8)32(42-10)28(22)38-6/h11-12H,13-16,33-34H2,1-10H3. The Hall–Kier alpha value is -4.02. The summed E-state index contributed by atoms with van der Waals surface area (Å²) in [5.74, 6) is 4.11. The fourth-order valence-electron chi connectivity index (χ4n) is 5.72. The van der Waals surface area contributed by atoms with Gasteiger partial charge in [0, 0.05) is 48.2 Å². The van der Waals surface area contributed by atoms with Gasteiger partial charge in [-0.15, -0.1) is 0 Å². The van der Waals surface area contributed by atoms with E-state index in [2.05, 4.69) is 6.07 Å². The van der Waals surface area contributed by atoms with E-state index in [4.69, 9.17) is 49.4 Å². The number of methoxy groups -OCH3 is 8. The molecule has 0 atom stereocenters. The van der Waals surface area contributed by atoms with Gasteiger partial charge in [0.1, 0.15) is 0 Å². The van der Waals surface area contributed by atoms with Crippen LogP contribution in [0.2, 0.25) is 0 Å². The Morgan fingerprint density at radius 3 is 1.12 bits per heavy atom. The summed E-state index contributed by atoms with van der Waals surface area (Å²) < 4.78 is 46.1. The van der Waals surface area contributed by atoms with Gasteiger partial charge in [0.15, 0.2) is 23.0 Å². The summed E-state index contributed by atoms with van der Waals surface area (Å²) in [5, 5.41) is 0. The lowest BCUT2D eigenvalue weighted by Gasteiger charge is -2.25. The second-order valence-corrected chi connectivity index (χ2v) is 9.58. The van der Waals surface area contributed by atoms with Gasteiger partial charge in [-0.25, -0.2) is 0 Å². The summed E-state index contributed by atoms with van der Waals surface area (Å²) >= 11 is 0. The Bertz CT molecular complexity index is 1420. The molecule has 0 saturated heterocycles. The lowest BCUT2D eigenvalue weighted by Crippen LogP contribution is -2.14. The molecule has 3 rings (SSSR count). The first kappa shape index (κ1) is 32.5. The monoisotopic (exact) mass is 584 g/mol. The van der Waals surface area contributed by atoms with Crippen molar-refractivity contribution in [3.05, 3.63) is 56.6 Å². The molecule has 42 heavy (non-hydrogen) atoms. The minimum absolute atomic E-state index is 0.298. The van der Waals surface area contributed by atoms with Crippen molar-refractivity contribution in [2.75, 3.05) is 56.9 Å². The molecule has 10 nitrogen and oxygen atoms in total. The van der Waals surface area contributed by atoms with E-state index in [1.165, 1.54) is 0 Å². The Kier molecular flexibility index (Phi) is 11.0. The molecule has 0 unspecified atom stereocenters. The van der Waals surface area contributed by atoms with E-state index in [1.54, 1.807) is 56.9 Å². The molecule has 0 heterocycles. The highest BCUT2D eigenvalue weighted by Crippen LogP contribution is 2.52. The molecule has 0 aliphatic rings. The average molecular weight is 585 g/mol. The van der Waals surface area contributed by atoms with Crippen LogP contribution in [0.15, 0.2) is 12.1 Å². The largest absolute Gasteiger partial charge is 0.492 e. The van der Waals surface area contributed by atoms with Crippen LogP contribution in [-0.4, -0.2) is 56.9 Å². The Morgan fingerprint density at radius 2 is 0.762 bits per heavy atom. The van der Waals surface area contributed by atoms with Crippen LogP contribution in [0.5, 0.6) is 46.0 Å². The van der Waals surface area contributed by atoms with Crippen molar-refractivity contribution < 1.29 is 37.9 Å². The van der Waals surface area contributed by atoms with Gasteiger partial charge < -0.3 is 49.4 Å². The predicted molar refractivity (Wildman–Crippen MR) is 163 cm³/mol. The van der Waals surface area contributed by atoms with Gasteiger partial charge in [0.25, 0.3) is 0 Å². The summed E-state index contributed by atoms with van der Waals surface area (Å²) in [6.07, 6.45) is 0.956. The molecule has 0 aliphatic heterocycles. The molecule has 10 heteroatoms. The van der Waals surface area contributed by atoms with E-state index in [-0.39, 0.29) is 0 Å². The van der Waals surface area contributed by atoms with Crippen LogP contribution in [0.3, 0.4) is 0 Å². The number of ether oxygens (including phenoxy) is 8. The molecular weight excluding hydrogens is 540 g/mol. The van der Waals surface area contributed by atoms with Crippen LogP contribution in [0.25, 0.3) is 0 Å². The molecule has 0 radical (unpaired) electrons. The normalized spacial score (nSPS) is 10.8. The smallest absolute Gasteiger partial charge is 0.207 e. The lowest BCUT2D eigenvalue weighted by atomic mass is 9.85. The molecule has 3 aromatic rings. The summed E-state index contributed by atoms with van der Waals surface area (Å²) in [4.78, 5) is 0. The van der Waals surface area contributed by atoms with Crippen molar-refractivity contribution >= 4 is 0 Å². The topological polar surface area (TPSA) is 126 Å². The highest BCUT2D eigenvalue weighted by molar-refractivity contribution is 5.69. The zero-order chi connectivity index (χ0) is 31.1. The molecule has 3 aromatic carbocycles. The highest BCUT2D eigenvalue weighted by atomic mass is 16.6. The fraction of sp³-hybridized carbons (Fsp3) is 0.438. The lowest BCUT2D eigenvalue weighted by molar-refractivity contribution is 0.302. The third kappa shape index (κ3) is 5.56. The molecule has 4 N–H and O–H groups in total. The van der Waals surface area contributed by atoms with E-state index in [9.17, 15) is 0 Å². The predicted octanol–water partition coefficient (Wildman–Crippen LogP) is 4.47. The molecule has 0 aliphatic carbocycles. The van der Waals surface area contributed by atoms with Gasteiger partial charge in [-0.1, -0.05) is 12.1 Å². The molecule has 0 bridgehead atoms. The molecule has 0 amide bonds. The first-order valence-corrected chi connectivity index (χ1v) is 13.5. The third-order valence-electron chi connectivity index (χ3n) is 7.78. The maximum Gasteiger partial charge on any atom is 0.207 e. The molecule has 0 aromatic heterocycles. The zero-order valence-corrected chi connectivity index (χ0v) is 26.4. The minimum atomic E-state index is 0.298. The summed E-state index contributed by atoms with van der Waals surface area (Å²) in [7, 11) is 12.7. The van der Waals surface area contributed by atoms with Crippen molar-refractivity contribution in [3.63, 3.8) is 0 Å². The van der Waals surface area contributed by atoms with Crippen molar-refractivity contribution in [1.29, 1.82) is 0 Å². The summed E-state index contributed by atoms with van der Waals surface area (Å²) in [5.41, 5.74) is 20.1. The Balaban J connectivity index is 2.38. The van der Waals surface area contributed by atoms with Gasteiger partial charge in [-0.2, -0.15) is 0 Å². The van der Waals surface area contributed by atoms with Crippen molar-refractivity contribution in [3.8, 4) is 46.0 Å². The quantitative estimate of drug-likeness (QED) is 0.280. The van der Waals surface area contributed by atoms with Gasteiger partial charge >= 0.3 is 0 Å².